The monoisotopic (exact) mass is 305 g/mol. The Kier molecular flexibility index (Phi) is 3.99. The lowest BCUT2D eigenvalue weighted by molar-refractivity contribution is 0.257. The molecule has 2 aromatic rings. The summed E-state index contributed by atoms with van der Waals surface area (Å²) in [6, 6.07) is 3.44. The van der Waals surface area contributed by atoms with E-state index in [0.29, 0.717) is 12.0 Å². The first-order chi connectivity index (χ1) is 10.1. The molecule has 1 aliphatic rings. The van der Waals surface area contributed by atoms with E-state index >= 15 is 0 Å². The Morgan fingerprint density at radius 2 is 2.19 bits per heavy atom. The molecule has 0 aliphatic heterocycles. The molecule has 1 unspecified atom stereocenters. The van der Waals surface area contributed by atoms with Gasteiger partial charge in [0.05, 0.1) is 5.39 Å². The topological polar surface area (TPSA) is 53.1 Å². The van der Waals surface area contributed by atoms with Crippen LogP contribution < -0.4 is 10.6 Å². The van der Waals surface area contributed by atoms with Gasteiger partial charge in [-0.1, -0.05) is 0 Å². The van der Waals surface area contributed by atoms with Gasteiger partial charge in [-0.05, 0) is 39.8 Å². The lowest BCUT2D eigenvalue weighted by Gasteiger charge is -2.25. The third-order valence-corrected chi connectivity index (χ3v) is 5.07. The summed E-state index contributed by atoms with van der Waals surface area (Å²) in [5.74, 6) is 1.61. The number of hydrogen-bond acceptors (Lipinski definition) is 6. The summed E-state index contributed by atoms with van der Waals surface area (Å²) in [6.45, 7) is 5.28. The number of aromatic nitrogens is 2. The molecule has 0 aromatic carbocycles. The van der Waals surface area contributed by atoms with Crippen molar-refractivity contribution in [2.24, 2.45) is 0 Å². The molecule has 1 saturated carbocycles. The zero-order valence-electron chi connectivity index (χ0n) is 13.1. The molecule has 21 heavy (non-hydrogen) atoms. The van der Waals surface area contributed by atoms with Crippen molar-refractivity contribution < 1.29 is 0 Å². The van der Waals surface area contributed by atoms with Crippen LogP contribution in [0, 0.1) is 6.92 Å². The van der Waals surface area contributed by atoms with E-state index in [-0.39, 0.29) is 0 Å². The van der Waals surface area contributed by atoms with Crippen LogP contribution in [0.25, 0.3) is 10.2 Å². The average Bonchev–Trinajstić information content (AvgIpc) is 3.24. The lowest BCUT2D eigenvalue weighted by atomic mass is 10.2. The minimum atomic E-state index is 0.500. The van der Waals surface area contributed by atoms with Gasteiger partial charge in [-0.2, -0.15) is 4.98 Å². The Hall–Kier alpha value is -1.40. The van der Waals surface area contributed by atoms with Gasteiger partial charge in [0.25, 0.3) is 0 Å². The van der Waals surface area contributed by atoms with E-state index in [1.54, 1.807) is 11.3 Å². The fourth-order valence-electron chi connectivity index (χ4n) is 2.52. The molecule has 0 saturated heterocycles. The van der Waals surface area contributed by atoms with E-state index in [4.69, 9.17) is 0 Å². The van der Waals surface area contributed by atoms with Crippen molar-refractivity contribution in [3.8, 4) is 0 Å². The van der Waals surface area contributed by atoms with E-state index in [9.17, 15) is 0 Å². The van der Waals surface area contributed by atoms with E-state index < -0.39 is 0 Å². The number of thiophene rings is 1. The molecule has 3 rings (SSSR count). The van der Waals surface area contributed by atoms with Crippen LogP contribution in [0.1, 0.15) is 24.6 Å². The third kappa shape index (κ3) is 3.11. The fraction of sp³-hybridized carbons (Fsp3) is 0.600. The third-order valence-electron chi connectivity index (χ3n) is 4.12. The zero-order chi connectivity index (χ0) is 15.0. The van der Waals surface area contributed by atoms with Crippen LogP contribution in [0.5, 0.6) is 0 Å². The number of anilines is 2. The number of nitrogens with zero attached hydrogens (tertiary/aromatic N) is 3. The van der Waals surface area contributed by atoms with E-state index in [0.717, 1.165) is 28.6 Å². The molecule has 1 aliphatic carbocycles. The summed E-state index contributed by atoms with van der Waals surface area (Å²) in [4.78, 5) is 13.9. The van der Waals surface area contributed by atoms with Crippen molar-refractivity contribution in [1.29, 1.82) is 0 Å². The molecule has 1 fully saturated rings. The van der Waals surface area contributed by atoms with Crippen LogP contribution in [0.4, 0.5) is 11.8 Å². The second-order valence-electron chi connectivity index (χ2n) is 5.85. The standard InChI is InChI=1S/C15H23N5S/c1-9(20(4)11-5-6-11)8-17-13-12-7-10(2)21-14(12)19-15(16-3)18-13/h7,9,11H,5-6,8H2,1-4H3,(H2,16,17,18,19). The minimum absolute atomic E-state index is 0.500. The molecule has 2 heterocycles. The van der Waals surface area contributed by atoms with Crippen LogP contribution >= 0.6 is 11.3 Å². The highest BCUT2D eigenvalue weighted by atomic mass is 32.1. The fourth-order valence-corrected chi connectivity index (χ4v) is 3.40. The van der Waals surface area contributed by atoms with Gasteiger partial charge >= 0.3 is 0 Å². The predicted molar refractivity (Wildman–Crippen MR) is 90.4 cm³/mol. The van der Waals surface area contributed by atoms with Crippen molar-refractivity contribution in [3.63, 3.8) is 0 Å². The minimum Gasteiger partial charge on any atom is -0.368 e. The highest BCUT2D eigenvalue weighted by molar-refractivity contribution is 7.18. The molecule has 1 atom stereocenters. The number of aryl methyl sites for hydroxylation is 1. The van der Waals surface area contributed by atoms with Crippen molar-refractivity contribution in [2.75, 3.05) is 31.3 Å². The van der Waals surface area contributed by atoms with Gasteiger partial charge < -0.3 is 10.6 Å². The maximum atomic E-state index is 4.58. The molecule has 0 bridgehead atoms. The molecular formula is C15H23N5S. The van der Waals surface area contributed by atoms with Crippen molar-refractivity contribution >= 4 is 33.3 Å². The first kappa shape index (κ1) is 14.5. The Bertz CT molecular complexity index is 634. The first-order valence-electron chi connectivity index (χ1n) is 7.50. The maximum Gasteiger partial charge on any atom is 0.225 e. The Labute approximate surface area is 129 Å². The molecule has 0 amide bonds. The van der Waals surface area contributed by atoms with Crippen molar-refractivity contribution in [2.45, 2.75) is 38.8 Å². The maximum absolute atomic E-state index is 4.58. The smallest absolute Gasteiger partial charge is 0.225 e. The number of nitrogens with one attached hydrogen (secondary N) is 2. The van der Waals surface area contributed by atoms with Crippen LogP contribution in [0.3, 0.4) is 0 Å². The molecule has 2 aromatic heterocycles. The molecule has 0 radical (unpaired) electrons. The largest absolute Gasteiger partial charge is 0.368 e. The summed E-state index contributed by atoms with van der Waals surface area (Å²) in [5.41, 5.74) is 0. The summed E-state index contributed by atoms with van der Waals surface area (Å²) >= 11 is 1.71. The van der Waals surface area contributed by atoms with Crippen molar-refractivity contribution in [1.82, 2.24) is 14.9 Å². The molecule has 0 spiro atoms. The quantitative estimate of drug-likeness (QED) is 0.859. The van der Waals surface area contributed by atoms with Gasteiger partial charge in [0.15, 0.2) is 0 Å². The number of likely N-dealkylation sites (N-methyl/N-ethyl adjacent to an activating group) is 1. The van der Waals surface area contributed by atoms with Crippen LogP contribution in [0.2, 0.25) is 0 Å². The molecule has 2 N–H and O–H groups in total. The highest BCUT2D eigenvalue weighted by Crippen LogP contribution is 2.30. The first-order valence-corrected chi connectivity index (χ1v) is 8.32. The number of fused-ring (bicyclic) bond motifs is 1. The molecule has 5 nitrogen and oxygen atoms in total. The second-order valence-corrected chi connectivity index (χ2v) is 7.08. The summed E-state index contributed by atoms with van der Waals surface area (Å²) < 4.78 is 0. The predicted octanol–water partition coefficient (Wildman–Crippen LogP) is 2.94. The average molecular weight is 305 g/mol. The SMILES string of the molecule is CNc1nc(NCC(C)N(C)C2CC2)c2cc(C)sc2n1. The second kappa shape index (κ2) is 5.77. The summed E-state index contributed by atoms with van der Waals surface area (Å²) in [6.07, 6.45) is 2.68. The lowest BCUT2D eigenvalue weighted by Crippen LogP contribution is -2.36. The number of rotatable bonds is 6. The molecule has 6 heteroatoms. The van der Waals surface area contributed by atoms with Crippen LogP contribution in [0.15, 0.2) is 6.07 Å². The van der Waals surface area contributed by atoms with Gasteiger partial charge in [-0.15, -0.1) is 11.3 Å². The highest BCUT2D eigenvalue weighted by Gasteiger charge is 2.29. The zero-order valence-corrected chi connectivity index (χ0v) is 13.9. The van der Waals surface area contributed by atoms with Crippen molar-refractivity contribution in [3.05, 3.63) is 10.9 Å². The molecule has 114 valence electrons. The van der Waals surface area contributed by atoms with E-state index in [1.807, 2.05) is 7.05 Å². The van der Waals surface area contributed by atoms with Gasteiger partial charge in [-0.3, -0.25) is 4.90 Å². The molecular weight excluding hydrogens is 282 g/mol. The summed E-state index contributed by atoms with van der Waals surface area (Å²) in [7, 11) is 4.07. The Morgan fingerprint density at radius 1 is 1.43 bits per heavy atom. The Balaban J connectivity index is 1.78. The number of hydrogen-bond donors (Lipinski definition) is 2. The summed E-state index contributed by atoms with van der Waals surface area (Å²) in [5, 5.41) is 7.68. The van der Waals surface area contributed by atoms with Gasteiger partial charge in [0.2, 0.25) is 5.95 Å². The van der Waals surface area contributed by atoms with E-state index in [1.165, 1.54) is 17.7 Å². The van der Waals surface area contributed by atoms with Crippen LogP contribution in [-0.2, 0) is 0 Å². The van der Waals surface area contributed by atoms with Gasteiger partial charge in [0.1, 0.15) is 10.6 Å². The Morgan fingerprint density at radius 3 is 2.86 bits per heavy atom. The van der Waals surface area contributed by atoms with Crippen LogP contribution in [-0.4, -0.2) is 47.6 Å². The normalized spacial score (nSPS) is 16.4. The van der Waals surface area contributed by atoms with Gasteiger partial charge in [0, 0.05) is 30.6 Å². The van der Waals surface area contributed by atoms with Gasteiger partial charge in [-0.25, -0.2) is 4.98 Å². The van der Waals surface area contributed by atoms with E-state index in [2.05, 4.69) is 52.5 Å².